The molecule has 0 N–H and O–H groups in total. The van der Waals surface area contributed by atoms with Gasteiger partial charge in [0.25, 0.3) is 0 Å². The van der Waals surface area contributed by atoms with Crippen LogP contribution in [0.2, 0.25) is 0 Å². The average Bonchev–Trinajstić information content (AvgIpc) is 3.33. The summed E-state index contributed by atoms with van der Waals surface area (Å²) in [5.74, 6) is 0. The Balaban J connectivity index is 0.974. The second kappa shape index (κ2) is 14.0. The molecule has 0 aliphatic heterocycles. The molecule has 1 aliphatic carbocycles. The summed E-state index contributed by atoms with van der Waals surface area (Å²) in [4.78, 5) is 2.43. The zero-order valence-electron chi connectivity index (χ0n) is 34.5. The van der Waals surface area contributed by atoms with Crippen molar-refractivity contribution in [2.24, 2.45) is 0 Å². The van der Waals surface area contributed by atoms with E-state index in [1.165, 1.54) is 141 Å². The molecule has 0 heterocycles. The van der Waals surface area contributed by atoms with Gasteiger partial charge in [0.15, 0.2) is 0 Å². The molecule has 0 aromatic heterocycles. The van der Waals surface area contributed by atoms with Crippen LogP contribution in [0.3, 0.4) is 0 Å². The summed E-state index contributed by atoms with van der Waals surface area (Å²) in [5.41, 5.74) is 8.73. The first-order valence-electron chi connectivity index (χ1n) is 22.3. The van der Waals surface area contributed by atoms with E-state index >= 15 is 0 Å². The molecule has 0 amide bonds. The minimum Gasteiger partial charge on any atom is -0.310 e. The zero-order valence-corrected chi connectivity index (χ0v) is 34.5. The van der Waals surface area contributed by atoms with Crippen molar-refractivity contribution in [2.75, 3.05) is 4.90 Å². The molecule has 12 aromatic rings. The largest absolute Gasteiger partial charge is 0.310 e. The lowest BCUT2D eigenvalue weighted by Gasteiger charge is -2.28. The molecule has 0 atom stereocenters. The highest BCUT2D eigenvalue weighted by atomic mass is 15.1. The van der Waals surface area contributed by atoms with Crippen molar-refractivity contribution in [3.05, 3.63) is 204 Å². The van der Waals surface area contributed by atoms with Crippen LogP contribution in [-0.4, -0.2) is 0 Å². The van der Waals surface area contributed by atoms with E-state index in [1.807, 2.05) is 0 Å². The molecule has 292 valence electrons. The van der Waals surface area contributed by atoms with Gasteiger partial charge in [-0.15, -0.1) is 0 Å². The summed E-state index contributed by atoms with van der Waals surface area (Å²) in [5, 5.41) is 21.2. The number of benzene rings is 12. The van der Waals surface area contributed by atoms with Gasteiger partial charge < -0.3 is 4.90 Å². The Morgan fingerprint density at radius 3 is 1.39 bits per heavy atom. The van der Waals surface area contributed by atoms with Gasteiger partial charge >= 0.3 is 0 Å². The van der Waals surface area contributed by atoms with Gasteiger partial charge in [-0.25, -0.2) is 0 Å². The minimum absolute atomic E-state index is 1.13. The summed E-state index contributed by atoms with van der Waals surface area (Å²) in [6.07, 6.45) is 13.4. The smallest absolute Gasteiger partial charge is 0.0540 e. The fraction of sp³-hybridized carbons (Fsp3) is 0.0820. The van der Waals surface area contributed by atoms with E-state index in [2.05, 4.69) is 205 Å². The molecule has 1 nitrogen and oxygen atoms in total. The summed E-state index contributed by atoms with van der Waals surface area (Å²) < 4.78 is 0. The van der Waals surface area contributed by atoms with E-state index in [9.17, 15) is 0 Å². The Bertz CT molecular complexity index is 3730. The first kappa shape index (κ1) is 35.3. The lowest BCUT2D eigenvalue weighted by molar-refractivity contribution is 0.602. The quantitative estimate of drug-likeness (QED) is 0.0921. The zero-order chi connectivity index (χ0) is 40.7. The minimum atomic E-state index is 1.13. The van der Waals surface area contributed by atoms with Gasteiger partial charge in [-0.2, -0.15) is 0 Å². The van der Waals surface area contributed by atoms with E-state index in [-0.39, 0.29) is 0 Å². The van der Waals surface area contributed by atoms with Crippen molar-refractivity contribution in [1.29, 1.82) is 0 Å². The van der Waals surface area contributed by atoms with E-state index in [0.717, 1.165) is 11.4 Å². The van der Waals surface area contributed by atoms with E-state index < -0.39 is 0 Å². The van der Waals surface area contributed by atoms with Crippen molar-refractivity contribution in [2.45, 2.75) is 32.1 Å². The highest BCUT2D eigenvalue weighted by Gasteiger charge is 2.24. The van der Waals surface area contributed by atoms with E-state index in [4.69, 9.17) is 0 Å². The Morgan fingerprint density at radius 2 is 0.758 bits per heavy atom. The number of para-hydroxylation sites is 1. The normalized spacial score (nSPS) is 13.7. The van der Waals surface area contributed by atoms with Gasteiger partial charge in [0.2, 0.25) is 0 Å². The van der Waals surface area contributed by atoms with Crippen LogP contribution in [0.15, 0.2) is 188 Å². The molecule has 0 saturated heterocycles. The first-order valence-corrected chi connectivity index (χ1v) is 22.3. The van der Waals surface area contributed by atoms with Gasteiger partial charge in [0, 0.05) is 16.8 Å². The predicted molar refractivity (Wildman–Crippen MR) is 270 cm³/mol. The Labute approximate surface area is 361 Å². The van der Waals surface area contributed by atoms with Crippen molar-refractivity contribution in [3.63, 3.8) is 0 Å². The second-order valence-electron chi connectivity index (χ2n) is 17.4. The van der Waals surface area contributed by atoms with Crippen molar-refractivity contribution in [1.82, 2.24) is 0 Å². The molecular weight excluding hydrogens is 747 g/mol. The van der Waals surface area contributed by atoms with Crippen LogP contribution in [0.1, 0.15) is 48.8 Å². The number of hydrogen-bond acceptors (Lipinski definition) is 1. The van der Waals surface area contributed by atoms with Crippen LogP contribution >= 0.6 is 0 Å². The molecule has 1 saturated carbocycles. The third-order valence-electron chi connectivity index (χ3n) is 13.9. The van der Waals surface area contributed by atoms with Gasteiger partial charge in [0.05, 0.1) is 5.69 Å². The monoisotopic (exact) mass is 789 g/mol. The van der Waals surface area contributed by atoms with Crippen LogP contribution in [-0.2, 0) is 0 Å². The highest BCUT2D eigenvalue weighted by molar-refractivity contribution is 6.47. The first-order chi connectivity index (χ1) is 30.8. The molecule has 1 heteroatoms. The van der Waals surface area contributed by atoms with Crippen molar-refractivity contribution in [3.8, 4) is 0 Å². The van der Waals surface area contributed by atoms with Crippen LogP contribution in [0, 0.1) is 0 Å². The molecule has 1 aliphatic rings. The predicted octanol–water partition coefficient (Wildman–Crippen LogP) is 17.8. The van der Waals surface area contributed by atoms with Crippen LogP contribution in [0.5, 0.6) is 0 Å². The Kier molecular flexibility index (Phi) is 8.00. The van der Waals surface area contributed by atoms with Crippen molar-refractivity contribution >= 4 is 121 Å². The molecular formula is C61H43N. The number of nitrogens with zero attached hydrogens (tertiary/aromatic N) is 1. The third kappa shape index (κ3) is 5.41. The summed E-state index contributed by atoms with van der Waals surface area (Å²) in [6.45, 7) is 0. The van der Waals surface area contributed by atoms with E-state index in [0.29, 0.717) is 0 Å². The number of anilines is 3. The van der Waals surface area contributed by atoms with E-state index in [1.54, 1.807) is 5.57 Å². The molecule has 0 bridgehead atoms. The third-order valence-corrected chi connectivity index (χ3v) is 13.9. The van der Waals surface area contributed by atoms with Gasteiger partial charge in [-0.1, -0.05) is 182 Å². The second-order valence-corrected chi connectivity index (χ2v) is 17.4. The van der Waals surface area contributed by atoms with Crippen LogP contribution < -0.4 is 4.90 Å². The standard InChI is InChI=1S/C61H43N/c1-3-12-41(13-4-1)38-42-30-28-39(29-31-42)26-27-40-32-34-45(35-33-40)62(44-16-5-2-6-17-44)55-37-36-49-48-20-10-24-53-59(48)61(52-23-11-21-50(55)57(49)52)54-25-9-19-47-46-18-7-14-43-15-8-22-51(56(43)46)60(53)58(47)54/h2,5-11,14-38H,1,3-4,12-13H2/b27-26+. The topological polar surface area (TPSA) is 3.24 Å². The van der Waals surface area contributed by atoms with Crippen molar-refractivity contribution < 1.29 is 0 Å². The molecule has 1 fully saturated rings. The summed E-state index contributed by atoms with van der Waals surface area (Å²) >= 11 is 0. The lowest BCUT2D eigenvalue weighted by atomic mass is 9.82. The Hall–Kier alpha value is -7.48. The molecule has 13 rings (SSSR count). The Morgan fingerprint density at radius 1 is 0.306 bits per heavy atom. The maximum atomic E-state index is 2.43. The maximum Gasteiger partial charge on any atom is 0.0540 e. The highest BCUT2D eigenvalue weighted by Crippen LogP contribution is 2.51. The number of allylic oxidation sites excluding steroid dienone is 1. The van der Waals surface area contributed by atoms with Gasteiger partial charge in [-0.05, 0) is 153 Å². The van der Waals surface area contributed by atoms with Crippen LogP contribution in [0.25, 0.3) is 104 Å². The SMILES string of the molecule is C(=C1CCCCC1)c1ccc(/C=C/c2ccc(N(c3ccccc3)c3ccc4c5cccc6c5c(c5cccc3c45)c3cccc4c5cccc7cccc(c75)c6c43)cc2)cc1. The molecule has 12 aromatic carbocycles. The average molecular weight is 790 g/mol. The number of hydrogen-bond donors (Lipinski definition) is 0. The maximum absolute atomic E-state index is 2.43. The molecule has 0 unspecified atom stereocenters. The molecule has 0 radical (unpaired) electrons. The van der Waals surface area contributed by atoms with Gasteiger partial charge in [-0.3, -0.25) is 0 Å². The molecule has 62 heavy (non-hydrogen) atoms. The fourth-order valence-corrected chi connectivity index (χ4v) is 11.2. The number of rotatable bonds is 6. The van der Waals surface area contributed by atoms with Crippen LogP contribution in [0.4, 0.5) is 17.1 Å². The summed E-state index contributed by atoms with van der Waals surface area (Å²) in [6, 6.07) is 68.1. The summed E-state index contributed by atoms with van der Waals surface area (Å²) in [7, 11) is 0. The number of fused-ring (bicyclic) bond motifs is 6. The molecule has 0 spiro atoms. The van der Waals surface area contributed by atoms with Gasteiger partial charge in [0.1, 0.15) is 0 Å². The fourth-order valence-electron chi connectivity index (χ4n) is 11.2. The lowest BCUT2D eigenvalue weighted by Crippen LogP contribution is -2.10.